The van der Waals surface area contributed by atoms with Gasteiger partial charge in [-0.25, -0.2) is 14.5 Å². The van der Waals surface area contributed by atoms with Crippen LogP contribution in [0.2, 0.25) is 5.02 Å². The number of methoxy groups -OCH3 is 1. The van der Waals surface area contributed by atoms with E-state index in [1.807, 2.05) is 30.3 Å². The second kappa shape index (κ2) is 8.33. The summed E-state index contributed by atoms with van der Waals surface area (Å²) in [6.07, 6.45) is 2.95. The van der Waals surface area contributed by atoms with Gasteiger partial charge in [0.05, 0.1) is 24.0 Å². The summed E-state index contributed by atoms with van der Waals surface area (Å²) < 4.78 is 11.7. The minimum absolute atomic E-state index is 0.0289. The molecule has 27 heavy (non-hydrogen) atoms. The molecule has 0 spiro atoms. The molecule has 0 atom stereocenters. The predicted octanol–water partition coefficient (Wildman–Crippen LogP) is 2.72. The van der Waals surface area contributed by atoms with Gasteiger partial charge in [0.2, 0.25) is 5.69 Å². The van der Waals surface area contributed by atoms with E-state index in [4.69, 9.17) is 21.1 Å². The quantitative estimate of drug-likeness (QED) is 0.654. The number of rotatable bonds is 6. The van der Waals surface area contributed by atoms with E-state index in [0.717, 1.165) is 5.69 Å². The molecule has 0 aliphatic carbocycles. The first-order valence-corrected chi connectivity index (χ1v) is 8.22. The van der Waals surface area contributed by atoms with Gasteiger partial charge in [0.1, 0.15) is 5.82 Å². The fourth-order valence-electron chi connectivity index (χ4n) is 2.19. The number of halogens is 1. The number of pyridine rings is 1. The zero-order valence-corrected chi connectivity index (χ0v) is 15.0. The van der Waals surface area contributed by atoms with E-state index < -0.39 is 18.5 Å². The molecule has 0 radical (unpaired) electrons. The van der Waals surface area contributed by atoms with Crippen LogP contribution in [0.4, 0.5) is 5.82 Å². The number of amides is 1. The Hall–Kier alpha value is -3.39. The highest BCUT2D eigenvalue weighted by Crippen LogP contribution is 2.20. The first kappa shape index (κ1) is 18.4. The molecule has 0 bridgehead atoms. The Bertz CT molecular complexity index is 942. The minimum Gasteiger partial charge on any atom is -0.493 e. The van der Waals surface area contributed by atoms with Gasteiger partial charge in [-0.15, -0.1) is 0 Å². The highest BCUT2D eigenvalue weighted by atomic mass is 35.5. The number of nitrogens with one attached hydrogen (secondary N) is 1. The number of esters is 1. The standard InChI is InChI=1S/C18H15ClN4O4/c1-26-14-10-23(13-5-3-2-4-6-13)22-17(14)18(25)27-11-16(24)21-15-8-7-12(19)9-20-15/h2-10H,11H2,1H3,(H,20,21,24). The number of anilines is 1. The van der Waals surface area contributed by atoms with Gasteiger partial charge in [0, 0.05) is 6.20 Å². The number of carbonyl (C=O) groups is 2. The van der Waals surface area contributed by atoms with E-state index in [0.29, 0.717) is 10.8 Å². The third kappa shape index (κ3) is 4.62. The number of aromatic nitrogens is 3. The number of nitrogens with zero attached hydrogens (tertiary/aromatic N) is 3. The molecule has 0 aliphatic rings. The molecule has 1 aromatic carbocycles. The molecule has 2 heterocycles. The Labute approximate surface area is 159 Å². The molecule has 0 fully saturated rings. The van der Waals surface area contributed by atoms with Gasteiger partial charge in [-0.2, -0.15) is 5.10 Å². The zero-order chi connectivity index (χ0) is 19.2. The Morgan fingerprint density at radius 2 is 1.96 bits per heavy atom. The van der Waals surface area contributed by atoms with Gasteiger partial charge < -0.3 is 14.8 Å². The summed E-state index contributed by atoms with van der Waals surface area (Å²) in [5, 5.41) is 7.12. The normalized spacial score (nSPS) is 10.3. The number of benzene rings is 1. The molecule has 0 aliphatic heterocycles. The third-order valence-electron chi connectivity index (χ3n) is 3.44. The monoisotopic (exact) mass is 386 g/mol. The summed E-state index contributed by atoms with van der Waals surface area (Å²) in [7, 11) is 1.42. The number of ether oxygens (including phenoxy) is 2. The second-order valence-electron chi connectivity index (χ2n) is 5.31. The maximum absolute atomic E-state index is 12.3. The van der Waals surface area contributed by atoms with Crippen molar-refractivity contribution in [3.63, 3.8) is 0 Å². The molecule has 9 heteroatoms. The van der Waals surface area contributed by atoms with Crippen LogP contribution < -0.4 is 10.1 Å². The lowest BCUT2D eigenvalue weighted by Gasteiger charge is -2.05. The second-order valence-corrected chi connectivity index (χ2v) is 5.75. The Balaban J connectivity index is 1.64. The summed E-state index contributed by atoms with van der Waals surface area (Å²) in [6.45, 7) is -0.496. The van der Waals surface area contributed by atoms with Crippen molar-refractivity contribution in [2.75, 3.05) is 19.0 Å². The lowest BCUT2D eigenvalue weighted by molar-refractivity contribution is -0.119. The van der Waals surface area contributed by atoms with Gasteiger partial charge in [0.15, 0.2) is 12.4 Å². The van der Waals surface area contributed by atoms with E-state index in [1.54, 1.807) is 12.3 Å². The fourth-order valence-corrected chi connectivity index (χ4v) is 2.30. The number of hydrogen-bond acceptors (Lipinski definition) is 6. The van der Waals surface area contributed by atoms with Crippen LogP contribution in [0.15, 0.2) is 54.9 Å². The first-order valence-electron chi connectivity index (χ1n) is 7.84. The van der Waals surface area contributed by atoms with Crippen LogP contribution in [-0.2, 0) is 9.53 Å². The maximum Gasteiger partial charge on any atom is 0.363 e. The Kier molecular flexibility index (Phi) is 5.68. The molecule has 0 unspecified atom stereocenters. The summed E-state index contributed by atoms with van der Waals surface area (Å²) in [5.74, 6) is -0.782. The van der Waals surface area contributed by atoms with Crippen molar-refractivity contribution in [1.29, 1.82) is 0 Å². The van der Waals surface area contributed by atoms with E-state index in [1.165, 1.54) is 24.1 Å². The van der Waals surface area contributed by atoms with Crippen LogP contribution in [-0.4, -0.2) is 40.4 Å². The summed E-state index contributed by atoms with van der Waals surface area (Å²) in [5.41, 5.74) is 0.722. The SMILES string of the molecule is COc1cn(-c2ccccc2)nc1C(=O)OCC(=O)Nc1ccc(Cl)cn1. The lowest BCUT2D eigenvalue weighted by Crippen LogP contribution is -2.21. The molecule has 138 valence electrons. The van der Waals surface area contributed by atoms with Gasteiger partial charge in [-0.1, -0.05) is 29.8 Å². The number of para-hydroxylation sites is 1. The molecule has 3 aromatic rings. The number of carbonyl (C=O) groups excluding carboxylic acids is 2. The predicted molar refractivity (Wildman–Crippen MR) is 98.3 cm³/mol. The number of hydrogen-bond donors (Lipinski definition) is 1. The van der Waals surface area contributed by atoms with Crippen LogP contribution in [0.3, 0.4) is 0 Å². The van der Waals surface area contributed by atoms with Crippen molar-refractivity contribution in [3.05, 3.63) is 65.6 Å². The third-order valence-corrected chi connectivity index (χ3v) is 3.67. The molecule has 8 nitrogen and oxygen atoms in total. The van der Waals surface area contributed by atoms with Gasteiger partial charge in [-0.05, 0) is 24.3 Å². The van der Waals surface area contributed by atoms with Crippen LogP contribution in [0.5, 0.6) is 5.75 Å². The summed E-state index contributed by atoms with van der Waals surface area (Å²) >= 11 is 5.73. The van der Waals surface area contributed by atoms with E-state index >= 15 is 0 Å². The molecule has 0 saturated carbocycles. The smallest absolute Gasteiger partial charge is 0.363 e. The van der Waals surface area contributed by atoms with E-state index in [9.17, 15) is 9.59 Å². The molecule has 0 saturated heterocycles. The molecular formula is C18H15ClN4O4. The average molecular weight is 387 g/mol. The van der Waals surface area contributed by atoms with Crippen molar-refractivity contribution >= 4 is 29.3 Å². The molecule has 3 rings (SSSR count). The van der Waals surface area contributed by atoms with Crippen LogP contribution in [0.25, 0.3) is 5.69 Å². The highest BCUT2D eigenvalue weighted by molar-refractivity contribution is 6.30. The van der Waals surface area contributed by atoms with Crippen molar-refractivity contribution in [3.8, 4) is 11.4 Å². The maximum atomic E-state index is 12.3. The van der Waals surface area contributed by atoms with Crippen molar-refractivity contribution < 1.29 is 19.1 Å². The van der Waals surface area contributed by atoms with Crippen LogP contribution in [0.1, 0.15) is 10.5 Å². The molecule has 1 amide bonds. The topological polar surface area (TPSA) is 95.3 Å². The van der Waals surface area contributed by atoms with Gasteiger partial charge in [-0.3, -0.25) is 4.79 Å². The van der Waals surface area contributed by atoms with Crippen LogP contribution in [0, 0.1) is 0 Å². The van der Waals surface area contributed by atoms with Crippen molar-refractivity contribution in [2.45, 2.75) is 0 Å². The highest BCUT2D eigenvalue weighted by Gasteiger charge is 2.21. The fraction of sp³-hybridized carbons (Fsp3) is 0.111. The van der Waals surface area contributed by atoms with E-state index in [2.05, 4.69) is 15.4 Å². The van der Waals surface area contributed by atoms with E-state index in [-0.39, 0.29) is 11.4 Å². The average Bonchev–Trinajstić information content (AvgIpc) is 3.13. The van der Waals surface area contributed by atoms with Gasteiger partial charge in [0.25, 0.3) is 5.91 Å². The van der Waals surface area contributed by atoms with Crippen LogP contribution >= 0.6 is 11.6 Å². The molecular weight excluding hydrogens is 372 g/mol. The van der Waals surface area contributed by atoms with Gasteiger partial charge >= 0.3 is 5.97 Å². The Morgan fingerprint density at radius 1 is 1.19 bits per heavy atom. The Morgan fingerprint density at radius 3 is 2.63 bits per heavy atom. The lowest BCUT2D eigenvalue weighted by atomic mass is 10.3. The first-order chi connectivity index (χ1) is 13.1. The largest absolute Gasteiger partial charge is 0.493 e. The minimum atomic E-state index is -0.777. The molecule has 2 aromatic heterocycles. The molecule has 1 N–H and O–H groups in total. The summed E-state index contributed by atoms with van der Waals surface area (Å²) in [6, 6.07) is 12.3. The van der Waals surface area contributed by atoms with Crippen molar-refractivity contribution in [2.24, 2.45) is 0 Å². The van der Waals surface area contributed by atoms with Crippen molar-refractivity contribution in [1.82, 2.24) is 14.8 Å². The zero-order valence-electron chi connectivity index (χ0n) is 14.3. The summed E-state index contributed by atoms with van der Waals surface area (Å²) in [4.78, 5) is 28.1.